The lowest BCUT2D eigenvalue weighted by Gasteiger charge is -2.21. The van der Waals surface area contributed by atoms with Crippen molar-refractivity contribution < 1.29 is 9.53 Å². The molecule has 0 aliphatic carbocycles. The van der Waals surface area contributed by atoms with Gasteiger partial charge < -0.3 is 4.74 Å². The highest BCUT2D eigenvalue weighted by Crippen LogP contribution is 2.28. The maximum atomic E-state index is 12.5. The molecule has 0 unspecified atom stereocenters. The minimum Gasteiger partial charge on any atom is -0.457 e. The predicted molar refractivity (Wildman–Crippen MR) is 79.4 cm³/mol. The molecule has 0 N–H and O–H groups in total. The van der Waals surface area contributed by atoms with Gasteiger partial charge in [-0.2, -0.15) is 5.10 Å². The van der Waals surface area contributed by atoms with Gasteiger partial charge >= 0.3 is 5.97 Å². The van der Waals surface area contributed by atoms with E-state index >= 15 is 0 Å². The number of esters is 1. The Kier molecular flexibility index (Phi) is 5.09. The van der Waals surface area contributed by atoms with Crippen molar-refractivity contribution in [2.75, 3.05) is 0 Å². The maximum Gasteiger partial charge on any atom is 0.314 e. The Morgan fingerprint density at radius 3 is 2.62 bits per heavy atom. The van der Waals surface area contributed by atoms with Crippen molar-refractivity contribution in [3.8, 4) is 0 Å². The van der Waals surface area contributed by atoms with E-state index in [-0.39, 0.29) is 24.4 Å². The highest BCUT2D eigenvalue weighted by atomic mass is 16.5. The van der Waals surface area contributed by atoms with Crippen LogP contribution in [0.25, 0.3) is 0 Å². The lowest BCUT2D eigenvalue weighted by atomic mass is 9.86. The zero-order chi connectivity index (χ0) is 15.2. The van der Waals surface area contributed by atoms with Gasteiger partial charge in [-0.05, 0) is 11.5 Å². The second kappa shape index (κ2) is 7.02. The fraction of sp³-hybridized carbons (Fsp3) is 0.438. The number of carbonyl (C=O) groups is 1. The SMILES string of the molecule is CC[C@H](C)[C@@H](C(=O)OCc1ncnn1C)c1ccccc1. The van der Waals surface area contributed by atoms with Gasteiger partial charge in [0.15, 0.2) is 12.4 Å². The first kappa shape index (κ1) is 15.2. The van der Waals surface area contributed by atoms with Gasteiger partial charge in [0.1, 0.15) is 6.33 Å². The minimum absolute atomic E-state index is 0.148. The predicted octanol–water partition coefficient (Wildman–Crippen LogP) is 2.69. The Morgan fingerprint density at radius 1 is 1.33 bits per heavy atom. The third kappa shape index (κ3) is 3.68. The molecule has 0 radical (unpaired) electrons. The molecule has 0 spiro atoms. The van der Waals surface area contributed by atoms with Crippen molar-refractivity contribution in [3.63, 3.8) is 0 Å². The van der Waals surface area contributed by atoms with Crippen LogP contribution in [0.15, 0.2) is 36.7 Å². The van der Waals surface area contributed by atoms with Crippen LogP contribution in [0.2, 0.25) is 0 Å². The van der Waals surface area contributed by atoms with E-state index in [1.165, 1.54) is 6.33 Å². The summed E-state index contributed by atoms with van der Waals surface area (Å²) in [5.74, 6) is 0.404. The Labute approximate surface area is 125 Å². The van der Waals surface area contributed by atoms with Gasteiger partial charge in [0.25, 0.3) is 0 Å². The Bertz CT molecular complexity index is 580. The van der Waals surface area contributed by atoms with E-state index in [4.69, 9.17) is 4.74 Å². The smallest absolute Gasteiger partial charge is 0.314 e. The lowest BCUT2D eigenvalue weighted by Crippen LogP contribution is -2.22. The van der Waals surface area contributed by atoms with E-state index in [0.717, 1.165) is 12.0 Å². The zero-order valence-electron chi connectivity index (χ0n) is 12.7. The largest absolute Gasteiger partial charge is 0.457 e. The molecule has 0 saturated carbocycles. The van der Waals surface area contributed by atoms with E-state index in [9.17, 15) is 4.79 Å². The van der Waals surface area contributed by atoms with Crippen molar-refractivity contribution in [2.24, 2.45) is 13.0 Å². The van der Waals surface area contributed by atoms with Gasteiger partial charge in [0.05, 0.1) is 5.92 Å². The third-order valence-corrected chi connectivity index (χ3v) is 3.77. The van der Waals surface area contributed by atoms with Crippen LogP contribution >= 0.6 is 0 Å². The highest BCUT2D eigenvalue weighted by Gasteiger charge is 2.27. The topological polar surface area (TPSA) is 57.0 Å². The summed E-state index contributed by atoms with van der Waals surface area (Å²) < 4.78 is 7.05. The zero-order valence-corrected chi connectivity index (χ0v) is 12.7. The van der Waals surface area contributed by atoms with Crippen molar-refractivity contribution in [1.29, 1.82) is 0 Å². The molecule has 5 nitrogen and oxygen atoms in total. The van der Waals surface area contributed by atoms with E-state index < -0.39 is 0 Å². The molecule has 0 bridgehead atoms. The molecular formula is C16H21N3O2. The molecule has 21 heavy (non-hydrogen) atoms. The number of nitrogens with zero attached hydrogens (tertiary/aromatic N) is 3. The quantitative estimate of drug-likeness (QED) is 0.766. The Balaban J connectivity index is 2.10. The molecule has 112 valence electrons. The second-order valence-corrected chi connectivity index (χ2v) is 5.18. The first-order valence-corrected chi connectivity index (χ1v) is 7.18. The monoisotopic (exact) mass is 287 g/mol. The fourth-order valence-electron chi connectivity index (χ4n) is 2.27. The molecule has 1 aromatic carbocycles. The van der Waals surface area contributed by atoms with Crippen molar-refractivity contribution in [3.05, 3.63) is 48.0 Å². The van der Waals surface area contributed by atoms with Gasteiger partial charge in [0, 0.05) is 7.05 Å². The van der Waals surface area contributed by atoms with Crippen LogP contribution in [-0.4, -0.2) is 20.7 Å². The lowest BCUT2D eigenvalue weighted by molar-refractivity contribution is -0.148. The summed E-state index contributed by atoms with van der Waals surface area (Å²) in [6.07, 6.45) is 2.37. The highest BCUT2D eigenvalue weighted by molar-refractivity contribution is 5.78. The molecule has 0 aliphatic rings. The summed E-state index contributed by atoms with van der Waals surface area (Å²) in [5, 5.41) is 3.96. The molecule has 0 fully saturated rings. The summed E-state index contributed by atoms with van der Waals surface area (Å²) in [6, 6.07) is 9.78. The number of aromatic nitrogens is 3. The van der Waals surface area contributed by atoms with Crippen LogP contribution in [-0.2, 0) is 23.2 Å². The van der Waals surface area contributed by atoms with Gasteiger partial charge in [0.2, 0.25) is 0 Å². The number of benzene rings is 1. The molecule has 1 aromatic heterocycles. The molecule has 0 amide bonds. The van der Waals surface area contributed by atoms with Crippen LogP contribution in [0.4, 0.5) is 0 Å². The molecule has 2 aromatic rings. The summed E-state index contributed by atoms with van der Waals surface area (Å²) in [5.41, 5.74) is 0.995. The van der Waals surface area contributed by atoms with Gasteiger partial charge in [-0.25, -0.2) is 4.98 Å². The maximum absolute atomic E-state index is 12.5. The van der Waals surface area contributed by atoms with E-state index in [0.29, 0.717) is 5.82 Å². The van der Waals surface area contributed by atoms with Crippen molar-refractivity contribution in [1.82, 2.24) is 14.8 Å². The average molecular weight is 287 g/mol. The van der Waals surface area contributed by atoms with E-state index in [1.807, 2.05) is 30.3 Å². The van der Waals surface area contributed by atoms with Gasteiger partial charge in [-0.1, -0.05) is 50.6 Å². The number of hydrogen-bond donors (Lipinski definition) is 0. The standard InChI is InChI=1S/C16H21N3O2/c1-4-12(2)15(13-8-6-5-7-9-13)16(20)21-10-14-17-11-18-19(14)3/h5-9,11-12,15H,4,10H2,1-3H3/t12-,15+/m0/s1. The number of ether oxygens (including phenoxy) is 1. The number of rotatable bonds is 6. The van der Waals surface area contributed by atoms with Crippen LogP contribution in [0.1, 0.15) is 37.6 Å². The molecule has 0 saturated heterocycles. The van der Waals surface area contributed by atoms with E-state index in [2.05, 4.69) is 23.9 Å². The summed E-state index contributed by atoms with van der Waals surface area (Å²) in [6.45, 7) is 4.30. The van der Waals surface area contributed by atoms with Crippen molar-refractivity contribution in [2.45, 2.75) is 32.8 Å². The molecule has 2 rings (SSSR count). The van der Waals surface area contributed by atoms with Crippen LogP contribution in [0, 0.1) is 5.92 Å². The molecule has 5 heteroatoms. The molecular weight excluding hydrogens is 266 g/mol. The van der Waals surface area contributed by atoms with Crippen LogP contribution in [0.5, 0.6) is 0 Å². The number of carbonyl (C=O) groups excluding carboxylic acids is 1. The van der Waals surface area contributed by atoms with Gasteiger partial charge in [-0.15, -0.1) is 0 Å². The second-order valence-electron chi connectivity index (χ2n) is 5.18. The summed E-state index contributed by atoms with van der Waals surface area (Å²) in [4.78, 5) is 16.5. The normalized spacial score (nSPS) is 13.7. The van der Waals surface area contributed by atoms with Crippen molar-refractivity contribution >= 4 is 5.97 Å². The van der Waals surface area contributed by atoms with E-state index in [1.54, 1.807) is 11.7 Å². The first-order valence-electron chi connectivity index (χ1n) is 7.18. The molecule has 0 aliphatic heterocycles. The van der Waals surface area contributed by atoms with Crippen LogP contribution < -0.4 is 0 Å². The van der Waals surface area contributed by atoms with Gasteiger partial charge in [-0.3, -0.25) is 9.48 Å². The summed E-state index contributed by atoms with van der Waals surface area (Å²) >= 11 is 0. The minimum atomic E-state index is -0.246. The first-order chi connectivity index (χ1) is 10.1. The fourth-order valence-corrected chi connectivity index (χ4v) is 2.27. The molecule has 1 heterocycles. The average Bonchev–Trinajstić information content (AvgIpc) is 2.91. The summed E-state index contributed by atoms with van der Waals surface area (Å²) in [7, 11) is 1.78. The Morgan fingerprint density at radius 2 is 2.05 bits per heavy atom. The molecule has 2 atom stereocenters. The Hall–Kier alpha value is -2.17. The van der Waals surface area contributed by atoms with Crippen LogP contribution in [0.3, 0.4) is 0 Å². The number of aryl methyl sites for hydroxylation is 1. The third-order valence-electron chi connectivity index (χ3n) is 3.77. The number of hydrogen-bond acceptors (Lipinski definition) is 4.